The molecule has 6 heteroatoms. The first-order valence-electron chi connectivity index (χ1n) is 23.6. The summed E-state index contributed by atoms with van der Waals surface area (Å²) in [5, 5.41) is 0. The fraction of sp³-hybridized carbons (Fsp3) is 0.938. The van der Waals surface area contributed by atoms with E-state index in [0.29, 0.717) is 19.3 Å². The summed E-state index contributed by atoms with van der Waals surface area (Å²) in [6, 6.07) is 0. The molecular weight excluding hydrogens is 673 g/mol. The van der Waals surface area contributed by atoms with Gasteiger partial charge in [-0.3, -0.25) is 14.4 Å². The minimum atomic E-state index is -0.762. The summed E-state index contributed by atoms with van der Waals surface area (Å²) in [7, 11) is 0. The molecule has 0 aliphatic carbocycles. The molecule has 0 saturated heterocycles. The van der Waals surface area contributed by atoms with Crippen LogP contribution in [0.2, 0.25) is 0 Å². The predicted molar refractivity (Wildman–Crippen MR) is 229 cm³/mol. The molecule has 0 aliphatic rings. The Kier molecular flexibility index (Phi) is 38.5. The largest absolute Gasteiger partial charge is 0.462 e. The SMILES string of the molecule is CCC(C)CCCCCCCCC(=O)O[C@H](COC(=O)CCCCCCCCCCCCCCCCC(C)C)COC(=O)CCCCCCCCC(C)C. The second-order valence-electron chi connectivity index (χ2n) is 17.6. The van der Waals surface area contributed by atoms with Crippen molar-refractivity contribution in [1.29, 1.82) is 0 Å². The van der Waals surface area contributed by atoms with Gasteiger partial charge < -0.3 is 14.2 Å². The maximum absolute atomic E-state index is 12.7. The lowest BCUT2D eigenvalue weighted by molar-refractivity contribution is -0.167. The van der Waals surface area contributed by atoms with Crippen LogP contribution in [0.15, 0.2) is 0 Å². The minimum Gasteiger partial charge on any atom is -0.462 e. The lowest BCUT2D eigenvalue weighted by Gasteiger charge is -2.18. The van der Waals surface area contributed by atoms with Crippen LogP contribution in [-0.4, -0.2) is 37.2 Å². The quantitative estimate of drug-likeness (QED) is 0.0350. The van der Waals surface area contributed by atoms with E-state index in [1.165, 1.54) is 135 Å². The van der Waals surface area contributed by atoms with Crippen molar-refractivity contribution in [3.05, 3.63) is 0 Å². The molecule has 0 aromatic carbocycles. The topological polar surface area (TPSA) is 78.9 Å². The van der Waals surface area contributed by atoms with Crippen LogP contribution in [0.4, 0.5) is 0 Å². The van der Waals surface area contributed by atoms with Crippen molar-refractivity contribution in [2.24, 2.45) is 17.8 Å². The Morgan fingerprint density at radius 1 is 0.370 bits per heavy atom. The zero-order chi connectivity index (χ0) is 39.9. The molecule has 0 aliphatic heterocycles. The van der Waals surface area contributed by atoms with Crippen molar-refractivity contribution >= 4 is 17.9 Å². The van der Waals surface area contributed by atoms with Gasteiger partial charge in [-0.15, -0.1) is 0 Å². The second kappa shape index (κ2) is 39.6. The number of esters is 3. The number of ether oxygens (including phenoxy) is 3. The number of rotatable bonds is 41. The van der Waals surface area contributed by atoms with Crippen LogP contribution >= 0.6 is 0 Å². The number of hydrogen-bond donors (Lipinski definition) is 0. The normalized spacial score (nSPS) is 12.7. The van der Waals surface area contributed by atoms with E-state index >= 15 is 0 Å². The number of unbranched alkanes of at least 4 members (excludes halogenated alkanes) is 23. The first-order valence-corrected chi connectivity index (χ1v) is 23.6. The van der Waals surface area contributed by atoms with Gasteiger partial charge in [0.05, 0.1) is 0 Å². The molecule has 0 spiro atoms. The smallest absolute Gasteiger partial charge is 0.306 e. The molecule has 6 nitrogen and oxygen atoms in total. The fourth-order valence-corrected chi connectivity index (χ4v) is 7.02. The third kappa shape index (κ3) is 40.1. The minimum absolute atomic E-state index is 0.0669. The van der Waals surface area contributed by atoms with Crippen LogP contribution in [0.1, 0.15) is 253 Å². The van der Waals surface area contributed by atoms with Crippen LogP contribution in [0.25, 0.3) is 0 Å². The van der Waals surface area contributed by atoms with E-state index in [2.05, 4.69) is 41.5 Å². The summed E-state index contributed by atoms with van der Waals surface area (Å²) in [5.41, 5.74) is 0. The molecule has 0 radical (unpaired) electrons. The number of carbonyl (C=O) groups excluding carboxylic acids is 3. The van der Waals surface area contributed by atoms with Gasteiger partial charge in [0.25, 0.3) is 0 Å². The maximum atomic E-state index is 12.7. The number of hydrogen-bond acceptors (Lipinski definition) is 6. The molecule has 0 N–H and O–H groups in total. The van der Waals surface area contributed by atoms with Crippen LogP contribution in [-0.2, 0) is 28.6 Å². The predicted octanol–water partition coefficient (Wildman–Crippen LogP) is 14.8. The standard InChI is InChI=1S/C48H92O6/c1-7-44(6)36-30-24-19-21-27-33-39-48(51)54-45(41-53-47(50)38-32-26-20-18-23-29-35-43(4)5)40-52-46(49)37-31-25-17-15-13-11-9-8-10-12-14-16-22-28-34-42(2)3/h42-45H,7-41H2,1-6H3/t44?,45-/m1/s1. The van der Waals surface area contributed by atoms with Crippen molar-refractivity contribution in [2.75, 3.05) is 13.2 Å². The van der Waals surface area contributed by atoms with Crippen LogP contribution < -0.4 is 0 Å². The van der Waals surface area contributed by atoms with Gasteiger partial charge in [-0.25, -0.2) is 0 Å². The molecule has 0 saturated carbocycles. The van der Waals surface area contributed by atoms with Crippen molar-refractivity contribution in [1.82, 2.24) is 0 Å². The highest BCUT2D eigenvalue weighted by Crippen LogP contribution is 2.17. The average molecular weight is 765 g/mol. The molecule has 320 valence electrons. The van der Waals surface area contributed by atoms with Crippen LogP contribution in [0.5, 0.6) is 0 Å². The van der Waals surface area contributed by atoms with Gasteiger partial charge >= 0.3 is 17.9 Å². The summed E-state index contributed by atoms with van der Waals surface area (Å²) in [6.07, 6.45) is 36.8. The molecule has 54 heavy (non-hydrogen) atoms. The fourth-order valence-electron chi connectivity index (χ4n) is 7.02. The van der Waals surface area contributed by atoms with Gasteiger partial charge in [-0.1, -0.05) is 215 Å². The Morgan fingerprint density at radius 3 is 0.963 bits per heavy atom. The van der Waals surface area contributed by atoms with E-state index < -0.39 is 6.10 Å². The summed E-state index contributed by atoms with van der Waals surface area (Å²) in [5.74, 6) is 1.55. The van der Waals surface area contributed by atoms with E-state index in [-0.39, 0.29) is 31.1 Å². The van der Waals surface area contributed by atoms with Crippen molar-refractivity contribution < 1.29 is 28.6 Å². The van der Waals surface area contributed by atoms with Gasteiger partial charge in [-0.2, -0.15) is 0 Å². The Bertz CT molecular complexity index is 839. The molecular formula is C48H92O6. The monoisotopic (exact) mass is 765 g/mol. The van der Waals surface area contributed by atoms with E-state index in [4.69, 9.17) is 14.2 Å². The van der Waals surface area contributed by atoms with E-state index in [0.717, 1.165) is 75.5 Å². The Labute approximate surface area is 336 Å². The van der Waals surface area contributed by atoms with E-state index in [1.807, 2.05) is 0 Å². The lowest BCUT2D eigenvalue weighted by atomic mass is 10.00. The first-order chi connectivity index (χ1) is 26.1. The Morgan fingerprint density at radius 2 is 0.648 bits per heavy atom. The zero-order valence-corrected chi connectivity index (χ0v) is 37.0. The highest BCUT2D eigenvalue weighted by atomic mass is 16.6. The van der Waals surface area contributed by atoms with Crippen molar-refractivity contribution in [3.63, 3.8) is 0 Å². The molecule has 0 heterocycles. The summed E-state index contributed by atoms with van der Waals surface area (Å²) < 4.78 is 16.7. The Hall–Kier alpha value is -1.59. The van der Waals surface area contributed by atoms with Crippen molar-refractivity contribution in [2.45, 2.75) is 260 Å². The molecule has 0 rings (SSSR count). The second-order valence-corrected chi connectivity index (χ2v) is 17.6. The zero-order valence-electron chi connectivity index (χ0n) is 37.0. The van der Waals surface area contributed by atoms with Gasteiger partial charge in [-0.05, 0) is 37.0 Å². The van der Waals surface area contributed by atoms with Gasteiger partial charge in [0.1, 0.15) is 13.2 Å². The molecule has 1 unspecified atom stereocenters. The van der Waals surface area contributed by atoms with Crippen molar-refractivity contribution in [3.8, 4) is 0 Å². The van der Waals surface area contributed by atoms with Gasteiger partial charge in [0, 0.05) is 19.3 Å². The Balaban J connectivity index is 4.26. The molecule has 0 aromatic rings. The summed E-state index contributed by atoms with van der Waals surface area (Å²) in [6.45, 7) is 13.6. The third-order valence-electron chi connectivity index (χ3n) is 11.0. The molecule has 0 fully saturated rings. The average Bonchev–Trinajstić information content (AvgIpc) is 3.14. The van der Waals surface area contributed by atoms with Gasteiger partial charge in [0.15, 0.2) is 6.10 Å². The van der Waals surface area contributed by atoms with Crippen LogP contribution in [0, 0.1) is 17.8 Å². The van der Waals surface area contributed by atoms with E-state index in [1.54, 1.807) is 0 Å². The first kappa shape index (κ1) is 52.4. The van der Waals surface area contributed by atoms with Crippen LogP contribution in [0.3, 0.4) is 0 Å². The molecule has 2 atom stereocenters. The molecule has 0 amide bonds. The molecule has 0 bridgehead atoms. The lowest BCUT2D eigenvalue weighted by Crippen LogP contribution is -2.30. The highest BCUT2D eigenvalue weighted by molar-refractivity contribution is 5.71. The highest BCUT2D eigenvalue weighted by Gasteiger charge is 2.19. The molecule has 0 aromatic heterocycles. The number of carbonyl (C=O) groups is 3. The summed E-state index contributed by atoms with van der Waals surface area (Å²) >= 11 is 0. The summed E-state index contributed by atoms with van der Waals surface area (Å²) in [4.78, 5) is 37.7. The van der Waals surface area contributed by atoms with E-state index in [9.17, 15) is 14.4 Å². The van der Waals surface area contributed by atoms with Gasteiger partial charge in [0.2, 0.25) is 0 Å². The third-order valence-corrected chi connectivity index (χ3v) is 11.0. The maximum Gasteiger partial charge on any atom is 0.306 e.